The zero-order valence-electron chi connectivity index (χ0n) is 29.3. The van der Waals surface area contributed by atoms with E-state index < -0.39 is 5.92 Å². The number of carbonyl (C=O) groups is 1. The van der Waals surface area contributed by atoms with Crippen molar-refractivity contribution >= 4 is 5.91 Å². The highest BCUT2D eigenvalue weighted by Crippen LogP contribution is 2.37. The largest absolute Gasteiger partial charge is 0.381 e. The van der Waals surface area contributed by atoms with Crippen LogP contribution in [0, 0.1) is 5.92 Å². The van der Waals surface area contributed by atoms with Gasteiger partial charge in [-0.1, -0.05) is 36.4 Å². The van der Waals surface area contributed by atoms with E-state index >= 15 is 0 Å². The van der Waals surface area contributed by atoms with E-state index in [1.165, 1.54) is 17.7 Å². The Bertz CT molecular complexity index is 1290. The molecule has 1 unspecified atom stereocenters. The number of hydrogen-bond acceptors (Lipinski definition) is 7. The van der Waals surface area contributed by atoms with Gasteiger partial charge in [-0.15, -0.1) is 0 Å². The fraction of sp³-hybridized carbons (Fsp3) is 0.692. The lowest BCUT2D eigenvalue weighted by Gasteiger charge is -2.41. The molecule has 2 aromatic rings. The molecule has 10 heteroatoms. The molecule has 6 rings (SSSR count). The van der Waals surface area contributed by atoms with Crippen molar-refractivity contribution in [2.45, 2.75) is 107 Å². The summed E-state index contributed by atoms with van der Waals surface area (Å²) >= 11 is 0. The van der Waals surface area contributed by atoms with Gasteiger partial charge in [-0.3, -0.25) is 14.7 Å². The van der Waals surface area contributed by atoms with Gasteiger partial charge in [-0.05, 0) is 94.5 Å². The summed E-state index contributed by atoms with van der Waals surface area (Å²) in [6.45, 7) is 8.57. The predicted octanol–water partition coefficient (Wildman–Crippen LogP) is 5.66. The van der Waals surface area contributed by atoms with Crippen LogP contribution >= 0.6 is 0 Å². The molecule has 1 amide bonds. The first-order chi connectivity index (χ1) is 23.9. The van der Waals surface area contributed by atoms with Gasteiger partial charge in [0.15, 0.2) is 0 Å². The van der Waals surface area contributed by atoms with Crippen molar-refractivity contribution in [1.29, 1.82) is 0 Å². The van der Waals surface area contributed by atoms with E-state index in [4.69, 9.17) is 9.72 Å². The van der Waals surface area contributed by atoms with Gasteiger partial charge in [0.2, 0.25) is 11.8 Å². The Labute approximate surface area is 292 Å². The van der Waals surface area contributed by atoms with Crippen molar-refractivity contribution in [1.82, 2.24) is 30.7 Å². The van der Waals surface area contributed by atoms with Crippen molar-refractivity contribution in [2.75, 3.05) is 59.0 Å². The second kappa shape index (κ2) is 18.1. The molecule has 0 radical (unpaired) electrons. The van der Waals surface area contributed by atoms with Gasteiger partial charge < -0.3 is 25.6 Å². The summed E-state index contributed by atoms with van der Waals surface area (Å²) in [6.07, 6.45) is 10.9. The topological polar surface area (TPSA) is 81.8 Å². The second-order valence-corrected chi connectivity index (χ2v) is 14.8. The van der Waals surface area contributed by atoms with Crippen LogP contribution < -0.4 is 16.0 Å². The minimum Gasteiger partial charge on any atom is -0.381 e. The smallest absolute Gasteiger partial charge is 0.248 e. The number of rotatable bonds is 15. The monoisotopic (exact) mass is 680 g/mol. The average molecular weight is 681 g/mol. The van der Waals surface area contributed by atoms with Crippen molar-refractivity contribution in [3.63, 3.8) is 0 Å². The van der Waals surface area contributed by atoms with E-state index in [0.717, 1.165) is 110 Å². The van der Waals surface area contributed by atoms with Gasteiger partial charge in [0.05, 0.1) is 17.8 Å². The van der Waals surface area contributed by atoms with Gasteiger partial charge in [0.1, 0.15) is 0 Å². The molecule has 3 fully saturated rings. The van der Waals surface area contributed by atoms with Gasteiger partial charge >= 0.3 is 0 Å². The number of ether oxygens (including phenoxy) is 1. The highest BCUT2D eigenvalue weighted by atomic mass is 19.3. The van der Waals surface area contributed by atoms with Crippen LogP contribution in [0.4, 0.5) is 8.78 Å². The number of fused-ring (bicyclic) bond motifs is 1. The normalized spacial score (nSPS) is 24.4. The van der Waals surface area contributed by atoms with Gasteiger partial charge in [0.25, 0.3) is 0 Å². The summed E-state index contributed by atoms with van der Waals surface area (Å²) in [6, 6.07) is 15.6. The van der Waals surface area contributed by atoms with Crippen molar-refractivity contribution < 1.29 is 18.3 Å². The lowest BCUT2D eigenvalue weighted by molar-refractivity contribution is -0.130. The molecule has 4 aliphatic rings. The van der Waals surface area contributed by atoms with E-state index in [0.29, 0.717) is 18.1 Å². The third-order valence-corrected chi connectivity index (χ3v) is 11.3. The quantitative estimate of drug-likeness (QED) is 0.210. The number of aromatic nitrogens is 1. The van der Waals surface area contributed by atoms with E-state index in [2.05, 4.69) is 50.0 Å². The number of pyridine rings is 1. The Kier molecular flexibility index (Phi) is 13.4. The van der Waals surface area contributed by atoms with Crippen LogP contribution in [0.25, 0.3) is 0 Å². The SMILES string of the molecule is O=C(N[C@@H](CCN1CCNC(CN(CCCCNC2CCOCC2)[C@H]2CCCc3cccnc32)C1)c1ccccc1)C1CCC(F)(F)CC1. The molecular formula is C39H58F2N6O2. The molecule has 1 aromatic heterocycles. The molecule has 49 heavy (non-hydrogen) atoms. The molecule has 2 aliphatic heterocycles. The number of benzene rings is 1. The summed E-state index contributed by atoms with van der Waals surface area (Å²) in [7, 11) is 0. The molecule has 0 spiro atoms. The molecule has 1 aromatic carbocycles. The number of nitrogens with zero attached hydrogens (tertiary/aromatic N) is 3. The molecule has 2 saturated heterocycles. The highest BCUT2D eigenvalue weighted by molar-refractivity contribution is 5.79. The third-order valence-electron chi connectivity index (χ3n) is 11.3. The van der Waals surface area contributed by atoms with Crippen LogP contribution in [-0.4, -0.2) is 97.7 Å². The Balaban J connectivity index is 1.05. The van der Waals surface area contributed by atoms with Gasteiger partial charge in [-0.25, -0.2) is 8.78 Å². The fourth-order valence-electron chi connectivity index (χ4n) is 8.38. The van der Waals surface area contributed by atoms with Crippen LogP contribution in [0.3, 0.4) is 0 Å². The maximum absolute atomic E-state index is 13.8. The third kappa shape index (κ3) is 10.7. The number of carbonyl (C=O) groups excluding carboxylic acids is 1. The summed E-state index contributed by atoms with van der Waals surface area (Å²) in [4.78, 5) is 23.4. The Morgan fingerprint density at radius 3 is 2.69 bits per heavy atom. The molecule has 3 heterocycles. The first kappa shape index (κ1) is 36.3. The number of nitrogens with one attached hydrogen (secondary N) is 3. The lowest BCUT2D eigenvalue weighted by atomic mass is 9.86. The molecule has 1 saturated carbocycles. The summed E-state index contributed by atoms with van der Waals surface area (Å²) in [5, 5.41) is 10.9. The number of aryl methyl sites for hydroxylation is 1. The number of piperazine rings is 1. The first-order valence-electron chi connectivity index (χ1n) is 19.1. The zero-order valence-corrected chi connectivity index (χ0v) is 29.3. The standard InChI is InChI=1S/C39H58F2N6O2/c40-39(41)18-13-32(14-19-39)38(48)45-35(30-8-2-1-3-9-30)15-24-46-25-22-43-34(28-46)29-47(23-5-4-20-42-33-16-26-49-27-17-33)36-12-6-10-31-11-7-21-44-37(31)36/h1-3,7-9,11,21,32-36,42-43H,4-6,10,12-20,22-29H2,(H,45,48)/t34?,35-,36-/m0/s1. The Morgan fingerprint density at radius 1 is 1.06 bits per heavy atom. The first-order valence-corrected chi connectivity index (χ1v) is 19.1. The second-order valence-electron chi connectivity index (χ2n) is 14.8. The van der Waals surface area contributed by atoms with Gasteiger partial charge in [-0.2, -0.15) is 0 Å². The maximum Gasteiger partial charge on any atom is 0.248 e. The van der Waals surface area contributed by atoms with E-state index in [-0.39, 0.29) is 43.6 Å². The van der Waals surface area contributed by atoms with Crippen molar-refractivity contribution in [2.24, 2.45) is 5.92 Å². The average Bonchev–Trinajstić information content (AvgIpc) is 3.13. The molecule has 2 aliphatic carbocycles. The number of amides is 1. The van der Waals surface area contributed by atoms with Gasteiger partial charge in [0, 0.05) is 83.0 Å². The number of unbranched alkanes of at least 4 members (excludes halogenated alkanes) is 1. The maximum atomic E-state index is 13.8. The summed E-state index contributed by atoms with van der Waals surface area (Å²) < 4.78 is 33.1. The minimum atomic E-state index is -2.64. The van der Waals surface area contributed by atoms with Crippen LogP contribution in [0.1, 0.15) is 99.5 Å². The number of hydrogen-bond donors (Lipinski definition) is 3. The van der Waals surface area contributed by atoms with E-state index in [1.807, 2.05) is 24.4 Å². The minimum absolute atomic E-state index is 0.0810. The molecule has 3 atom stereocenters. The lowest BCUT2D eigenvalue weighted by Crippen LogP contribution is -2.56. The Hall–Kier alpha value is -2.50. The van der Waals surface area contributed by atoms with Crippen LogP contribution in [0.15, 0.2) is 48.7 Å². The zero-order chi connectivity index (χ0) is 33.9. The summed E-state index contributed by atoms with van der Waals surface area (Å²) in [5.74, 6) is -3.05. The molecule has 270 valence electrons. The van der Waals surface area contributed by atoms with Crippen LogP contribution in [0.2, 0.25) is 0 Å². The number of halogens is 2. The molecule has 8 nitrogen and oxygen atoms in total. The van der Waals surface area contributed by atoms with Crippen molar-refractivity contribution in [3.8, 4) is 0 Å². The predicted molar refractivity (Wildman–Crippen MR) is 190 cm³/mol. The molecule has 3 N–H and O–H groups in total. The molecule has 0 bridgehead atoms. The van der Waals surface area contributed by atoms with Crippen molar-refractivity contribution in [3.05, 3.63) is 65.5 Å². The fourth-order valence-corrected chi connectivity index (χ4v) is 8.38. The highest BCUT2D eigenvalue weighted by Gasteiger charge is 2.38. The van der Waals surface area contributed by atoms with Crippen LogP contribution in [0.5, 0.6) is 0 Å². The van der Waals surface area contributed by atoms with E-state index in [1.54, 1.807) is 0 Å². The van der Waals surface area contributed by atoms with E-state index in [9.17, 15) is 13.6 Å². The number of alkyl halides is 2. The Morgan fingerprint density at radius 2 is 1.88 bits per heavy atom. The van der Waals surface area contributed by atoms with Crippen LogP contribution in [-0.2, 0) is 16.0 Å². The molecular weight excluding hydrogens is 622 g/mol. The summed E-state index contributed by atoms with van der Waals surface area (Å²) in [5.41, 5.74) is 3.74.